The van der Waals surface area contributed by atoms with E-state index in [0.29, 0.717) is 12.3 Å². The third-order valence-electron chi connectivity index (χ3n) is 7.83. The van der Waals surface area contributed by atoms with Crippen molar-refractivity contribution in [3.05, 3.63) is 36.3 Å². The average molecular weight is 417 g/mol. The first kappa shape index (κ1) is 22.6. The zero-order valence-corrected chi connectivity index (χ0v) is 19.0. The topological polar surface area (TPSA) is 65.7 Å². The number of methoxy groups -OCH3 is 1. The van der Waals surface area contributed by atoms with Gasteiger partial charge >= 0.3 is 11.9 Å². The first-order chi connectivity index (χ1) is 14.1. The van der Waals surface area contributed by atoms with E-state index in [4.69, 9.17) is 13.9 Å². The summed E-state index contributed by atoms with van der Waals surface area (Å²) in [5, 5.41) is 0. The van der Waals surface area contributed by atoms with E-state index >= 15 is 0 Å². The van der Waals surface area contributed by atoms with Crippen LogP contribution in [-0.4, -0.2) is 25.2 Å². The maximum atomic E-state index is 13.1. The molecule has 0 radical (unpaired) electrons. The lowest BCUT2D eigenvalue weighted by Gasteiger charge is -2.59. The zero-order chi connectivity index (χ0) is 22.1. The van der Waals surface area contributed by atoms with Crippen molar-refractivity contribution < 1.29 is 23.5 Å². The number of ether oxygens (including phenoxy) is 2. The van der Waals surface area contributed by atoms with Crippen molar-refractivity contribution in [3.8, 4) is 0 Å². The number of allylic oxidation sites excluding steroid dienone is 1. The van der Waals surface area contributed by atoms with Gasteiger partial charge in [-0.25, -0.2) is 0 Å². The number of fused-ring (bicyclic) bond motifs is 1. The molecule has 0 spiro atoms. The van der Waals surface area contributed by atoms with Gasteiger partial charge in [-0.05, 0) is 74.3 Å². The van der Waals surface area contributed by atoms with E-state index in [2.05, 4.69) is 13.5 Å². The summed E-state index contributed by atoms with van der Waals surface area (Å²) in [7, 11) is 1.43. The molecule has 0 N–H and O–H groups in total. The minimum atomic E-state index is -0.860. The van der Waals surface area contributed by atoms with Crippen LogP contribution in [0.25, 0.3) is 0 Å². The van der Waals surface area contributed by atoms with Crippen molar-refractivity contribution >= 4 is 11.9 Å². The van der Waals surface area contributed by atoms with E-state index < -0.39 is 11.5 Å². The molecular formula is C25H36O5. The van der Waals surface area contributed by atoms with E-state index in [1.54, 1.807) is 12.5 Å². The van der Waals surface area contributed by atoms with Crippen LogP contribution in [0.5, 0.6) is 0 Å². The molecule has 2 saturated carbocycles. The normalized spacial score (nSPS) is 33.8. The number of hydrogen-bond acceptors (Lipinski definition) is 5. The first-order valence-corrected chi connectivity index (χ1v) is 11.1. The molecular weight excluding hydrogens is 380 g/mol. The Morgan fingerprint density at radius 3 is 2.63 bits per heavy atom. The lowest BCUT2D eigenvalue weighted by molar-refractivity contribution is -0.199. The Morgan fingerprint density at radius 1 is 1.30 bits per heavy atom. The van der Waals surface area contributed by atoms with Crippen LogP contribution in [0.1, 0.15) is 65.4 Å². The van der Waals surface area contributed by atoms with E-state index in [0.717, 1.165) is 32.1 Å². The molecule has 2 fully saturated rings. The zero-order valence-electron chi connectivity index (χ0n) is 19.0. The molecule has 5 nitrogen and oxygen atoms in total. The van der Waals surface area contributed by atoms with Crippen molar-refractivity contribution in [1.29, 1.82) is 0 Å². The van der Waals surface area contributed by atoms with Crippen molar-refractivity contribution in [2.75, 3.05) is 7.11 Å². The standard InChI is InChI=1S/C25H36O5/c1-16(2)22(26)30-21-11-13-24(4)19(9-8-18-12-14-29-15-18)17(3)7-10-20(24)25(21,5)23(27)28-6/h12,14-16,19-21H,3,7-11,13H2,1-2,4-6H3/t19-,20+,21-,24+,25-/m1/s1. The molecule has 1 heterocycles. The van der Waals surface area contributed by atoms with Crippen LogP contribution in [0.15, 0.2) is 35.2 Å². The number of furan rings is 1. The molecule has 0 amide bonds. The van der Waals surface area contributed by atoms with Crippen LogP contribution in [0, 0.1) is 28.6 Å². The van der Waals surface area contributed by atoms with E-state index in [9.17, 15) is 9.59 Å². The Kier molecular flexibility index (Phi) is 6.49. The van der Waals surface area contributed by atoms with Gasteiger partial charge < -0.3 is 13.9 Å². The summed E-state index contributed by atoms with van der Waals surface area (Å²) < 4.78 is 16.4. The molecule has 2 aliphatic rings. The highest BCUT2D eigenvalue weighted by molar-refractivity contribution is 5.79. The Hall–Kier alpha value is -2.04. The van der Waals surface area contributed by atoms with Crippen LogP contribution in [0.4, 0.5) is 0 Å². The fourth-order valence-electron chi connectivity index (χ4n) is 6.07. The molecule has 0 unspecified atom stereocenters. The third-order valence-corrected chi connectivity index (χ3v) is 7.83. The highest BCUT2D eigenvalue weighted by atomic mass is 16.6. The Morgan fingerprint density at radius 2 is 2.03 bits per heavy atom. The minimum Gasteiger partial charge on any atom is -0.472 e. The SMILES string of the molecule is C=C1CC[C@H]2[C@@](C)(CC[C@@H](OC(=O)C(C)C)[C@]2(C)C(=O)OC)[C@@H]1CCc1ccoc1. The minimum absolute atomic E-state index is 0.0658. The van der Waals surface area contributed by atoms with E-state index in [-0.39, 0.29) is 29.2 Å². The average Bonchev–Trinajstić information content (AvgIpc) is 3.22. The van der Waals surface area contributed by atoms with Crippen molar-refractivity contribution in [2.24, 2.45) is 28.6 Å². The van der Waals surface area contributed by atoms with Gasteiger partial charge in [-0.15, -0.1) is 0 Å². The molecule has 3 rings (SSSR count). The number of aryl methyl sites for hydroxylation is 1. The summed E-state index contributed by atoms with van der Waals surface area (Å²) in [4.78, 5) is 25.5. The van der Waals surface area contributed by atoms with Crippen LogP contribution in [0.2, 0.25) is 0 Å². The summed E-state index contributed by atoms with van der Waals surface area (Å²) in [6, 6.07) is 2.01. The molecule has 5 atom stereocenters. The van der Waals surface area contributed by atoms with Gasteiger partial charge in [0.25, 0.3) is 0 Å². The molecule has 0 bridgehead atoms. The molecule has 5 heteroatoms. The largest absolute Gasteiger partial charge is 0.472 e. The fraction of sp³-hybridized carbons (Fsp3) is 0.680. The van der Waals surface area contributed by atoms with Gasteiger partial charge in [0, 0.05) is 0 Å². The maximum Gasteiger partial charge on any atom is 0.315 e. The molecule has 166 valence electrons. The Labute approximate surface area is 180 Å². The fourth-order valence-corrected chi connectivity index (χ4v) is 6.07. The van der Waals surface area contributed by atoms with Crippen molar-refractivity contribution in [3.63, 3.8) is 0 Å². The van der Waals surface area contributed by atoms with Gasteiger partial charge in [-0.2, -0.15) is 0 Å². The van der Waals surface area contributed by atoms with Gasteiger partial charge in [-0.1, -0.05) is 32.9 Å². The molecule has 2 aliphatic carbocycles. The van der Waals surface area contributed by atoms with Gasteiger partial charge in [0.2, 0.25) is 0 Å². The van der Waals surface area contributed by atoms with Crippen LogP contribution < -0.4 is 0 Å². The van der Waals surface area contributed by atoms with E-state index in [1.165, 1.54) is 18.2 Å². The predicted molar refractivity (Wildman–Crippen MR) is 115 cm³/mol. The molecule has 1 aromatic heterocycles. The number of hydrogen-bond donors (Lipinski definition) is 0. The van der Waals surface area contributed by atoms with Gasteiger partial charge in [0.15, 0.2) is 0 Å². The molecule has 0 aromatic carbocycles. The van der Waals surface area contributed by atoms with Crippen LogP contribution in [-0.2, 0) is 25.5 Å². The summed E-state index contributed by atoms with van der Waals surface area (Å²) in [6.45, 7) is 12.3. The van der Waals surface area contributed by atoms with Crippen molar-refractivity contribution in [2.45, 2.75) is 72.3 Å². The van der Waals surface area contributed by atoms with Gasteiger partial charge in [0.05, 0.1) is 25.6 Å². The van der Waals surface area contributed by atoms with Gasteiger partial charge in [0.1, 0.15) is 11.5 Å². The second kappa shape index (κ2) is 8.60. The van der Waals surface area contributed by atoms with Crippen molar-refractivity contribution in [1.82, 2.24) is 0 Å². The Bertz CT molecular complexity index is 779. The highest BCUT2D eigenvalue weighted by Gasteiger charge is 2.62. The third kappa shape index (κ3) is 3.83. The quantitative estimate of drug-likeness (QED) is 0.462. The summed E-state index contributed by atoms with van der Waals surface area (Å²) in [5.41, 5.74) is 1.50. The maximum absolute atomic E-state index is 13.1. The predicted octanol–water partition coefficient (Wildman–Crippen LogP) is 5.34. The first-order valence-electron chi connectivity index (χ1n) is 11.1. The molecule has 1 aromatic rings. The van der Waals surface area contributed by atoms with E-state index in [1.807, 2.05) is 26.8 Å². The van der Waals surface area contributed by atoms with Crippen LogP contribution >= 0.6 is 0 Å². The molecule has 30 heavy (non-hydrogen) atoms. The number of carbonyl (C=O) groups is 2. The lowest BCUT2D eigenvalue weighted by atomic mass is 9.46. The lowest BCUT2D eigenvalue weighted by Crippen LogP contribution is -2.60. The molecule has 0 aliphatic heterocycles. The number of esters is 2. The summed E-state index contributed by atoms with van der Waals surface area (Å²) >= 11 is 0. The second-order valence-corrected chi connectivity index (χ2v) is 9.87. The molecule has 0 saturated heterocycles. The number of carbonyl (C=O) groups excluding carboxylic acids is 2. The summed E-state index contributed by atoms with van der Waals surface area (Å²) in [6.07, 6.45) is 8.24. The second-order valence-electron chi connectivity index (χ2n) is 9.87. The van der Waals surface area contributed by atoms with Gasteiger partial charge in [-0.3, -0.25) is 9.59 Å². The monoisotopic (exact) mass is 416 g/mol. The summed E-state index contributed by atoms with van der Waals surface area (Å²) in [5.74, 6) is -0.390. The Balaban J connectivity index is 1.92. The van der Waals surface area contributed by atoms with Crippen LogP contribution in [0.3, 0.4) is 0 Å². The number of rotatable bonds is 6. The smallest absolute Gasteiger partial charge is 0.315 e. The highest BCUT2D eigenvalue weighted by Crippen LogP contribution is 2.62.